The zero-order valence-corrected chi connectivity index (χ0v) is 17.3. The van der Waals surface area contributed by atoms with Crippen molar-refractivity contribution in [3.05, 3.63) is 65.2 Å². The fraction of sp³-hybridized carbons (Fsp3) is 0.458. The monoisotopic (exact) mass is 380 g/mol. The molecule has 2 aromatic carbocycles. The summed E-state index contributed by atoms with van der Waals surface area (Å²) < 4.78 is 5.21. The van der Waals surface area contributed by atoms with Crippen LogP contribution in [0.2, 0.25) is 0 Å². The smallest absolute Gasteiger partial charge is 0.251 e. The highest BCUT2D eigenvalue weighted by atomic mass is 16.5. The van der Waals surface area contributed by atoms with E-state index in [1.54, 1.807) is 7.11 Å². The van der Waals surface area contributed by atoms with Crippen LogP contribution < -0.4 is 10.1 Å². The molecular weight excluding hydrogens is 348 g/mol. The standard InChI is InChI=1S/C24H32N2O2/c1-4-23(20-9-11-22(28-3)12-10-20)25-24(27)21-7-5-19(6-8-21)17-26-15-13-18(2)14-16-26/h5-12,18,23H,4,13-17H2,1-3H3,(H,25,27)/t23-/m0/s1. The Morgan fingerprint density at radius 3 is 2.32 bits per heavy atom. The van der Waals surface area contributed by atoms with Crippen molar-refractivity contribution in [2.24, 2.45) is 5.92 Å². The van der Waals surface area contributed by atoms with E-state index in [1.165, 1.54) is 31.5 Å². The van der Waals surface area contributed by atoms with Crippen LogP contribution in [0.1, 0.15) is 60.6 Å². The molecule has 1 saturated heterocycles. The first kappa shape index (κ1) is 20.4. The zero-order chi connectivity index (χ0) is 19.9. The lowest BCUT2D eigenvalue weighted by molar-refractivity contribution is 0.0935. The minimum atomic E-state index is -0.0268. The van der Waals surface area contributed by atoms with Crippen LogP contribution in [0.4, 0.5) is 0 Å². The molecule has 0 aliphatic carbocycles. The summed E-state index contributed by atoms with van der Waals surface area (Å²) >= 11 is 0. The second-order valence-corrected chi connectivity index (χ2v) is 7.86. The molecule has 0 bridgehead atoms. The van der Waals surface area contributed by atoms with E-state index in [-0.39, 0.29) is 11.9 Å². The molecular formula is C24H32N2O2. The zero-order valence-electron chi connectivity index (χ0n) is 17.3. The van der Waals surface area contributed by atoms with Crippen LogP contribution >= 0.6 is 0 Å². The first-order chi connectivity index (χ1) is 13.6. The van der Waals surface area contributed by atoms with Gasteiger partial charge in [-0.05, 0) is 73.7 Å². The Labute approximate surface area is 168 Å². The van der Waals surface area contributed by atoms with E-state index >= 15 is 0 Å². The Morgan fingerprint density at radius 2 is 1.75 bits per heavy atom. The SMILES string of the molecule is CC[C@H](NC(=O)c1ccc(CN2CCC(C)CC2)cc1)c1ccc(OC)cc1. The predicted octanol–water partition coefficient (Wildman–Crippen LogP) is 4.81. The summed E-state index contributed by atoms with van der Waals surface area (Å²) in [5.74, 6) is 1.64. The number of benzene rings is 2. The Bertz CT molecular complexity index is 747. The number of piperidine rings is 1. The Kier molecular flexibility index (Phi) is 7.10. The number of rotatable bonds is 7. The molecule has 28 heavy (non-hydrogen) atoms. The van der Waals surface area contributed by atoms with Gasteiger partial charge in [-0.25, -0.2) is 0 Å². The van der Waals surface area contributed by atoms with E-state index in [2.05, 4.69) is 36.2 Å². The van der Waals surface area contributed by atoms with E-state index in [4.69, 9.17) is 4.74 Å². The van der Waals surface area contributed by atoms with Crippen LogP contribution in [0.15, 0.2) is 48.5 Å². The van der Waals surface area contributed by atoms with Gasteiger partial charge in [0.05, 0.1) is 13.2 Å². The fourth-order valence-electron chi connectivity index (χ4n) is 3.74. The molecule has 150 valence electrons. The highest BCUT2D eigenvalue weighted by Crippen LogP contribution is 2.21. The van der Waals surface area contributed by atoms with Crippen molar-refractivity contribution >= 4 is 5.91 Å². The average molecular weight is 381 g/mol. The number of likely N-dealkylation sites (tertiary alicyclic amines) is 1. The molecule has 0 unspecified atom stereocenters. The minimum Gasteiger partial charge on any atom is -0.497 e. The molecule has 3 rings (SSSR count). The largest absolute Gasteiger partial charge is 0.497 e. The van der Waals surface area contributed by atoms with Gasteiger partial charge in [-0.15, -0.1) is 0 Å². The number of carbonyl (C=O) groups is 1. The molecule has 1 aliphatic rings. The topological polar surface area (TPSA) is 41.6 Å². The lowest BCUT2D eigenvalue weighted by Crippen LogP contribution is -2.32. The quantitative estimate of drug-likeness (QED) is 0.750. The van der Waals surface area contributed by atoms with Gasteiger partial charge in [0.1, 0.15) is 5.75 Å². The van der Waals surface area contributed by atoms with Crippen molar-refractivity contribution in [2.75, 3.05) is 20.2 Å². The molecule has 1 fully saturated rings. The van der Waals surface area contributed by atoms with Crippen LogP contribution in [0.5, 0.6) is 5.75 Å². The van der Waals surface area contributed by atoms with Gasteiger partial charge in [0.25, 0.3) is 5.91 Å². The molecule has 4 nitrogen and oxygen atoms in total. The van der Waals surface area contributed by atoms with Crippen molar-refractivity contribution in [1.82, 2.24) is 10.2 Å². The maximum Gasteiger partial charge on any atom is 0.251 e. The Hall–Kier alpha value is -2.33. The van der Waals surface area contributed by atoms with Crippen LogP contribution in [-0.4, -0.2) is 31.0 Å². The summed E-state index contributed by atoms with van der Waals surface area (Å²) in [7, 11) is 1.66. The highest BCUT2D eigenvalue weighted by molar-refractivity contribution is 5.94. The lowest BCUT2D eigenvalue weighted by atomic mass is 9.98. The number of nitrogens with zero attached hydrogens (tertiary/aromatic N) is 1. The van der Waals surface area contributed by atoms with Crippen LogP contribution in [0.3, 0.4) is 0 Å². The molecule has 0 spiro atoms. The Morgan fingerprint density at radius 1 is 1.11 bits per heavy atom. The molecule has 0 saturated carbocycles. The normalized spacial score (nSPS) is 16.5. The first-order valence-corrected chi connectivity index (χ1v) is 10.3. The van der Waals surface area contributed by atoms with E-state index in [0.29, 0.717) is 5.56 Å². The third-order valence-electron chi connectivity index (χ3n) is 5.73. The third-order valence-corrected chi connectivity index (χ3v) is 5.73. The van der Waals surface area contributed by atoms with Gasteiger partial charge in [-0.3, -0.25) is 9.69 Å². The van der Waals surface area contributed by atoms with Crippen molar-refractivity contribution in [3.63, 3.8) is 0 Å². The lowest BCUT2D eigenvalue weighted by Gasteiger charge is -2.30. The average Bonchev–Trinajstić information content (AvgIpc) is 2.74. The Balaban J connectivity index is 1.58. The van der Waals surface area contributed by atoms with Crippen molar-refractivity contribution < 1.29 is 9.53 Å². The minimum absolute atomic E-state index is 0.00609. The van der Waals surface area contributed by atoms with Crippen molar-refractivity contribution in [1.29, 1.82) is 0 Å². The highest BCUT2D eigenvalue weighted by Gasteiger charge is 2.17. The van der Waals surface area contributed by atoms with E-state index in [1.807, 2.05) is 36.4 Å². The second kappa shape index (κ2) is 9.74. The fourth-order valence-corrected chi connectivity index (χ4v) is 3.74. The molecule has 2 aromatic rings. The molecule has 1 N–H and O–H groups in total. The number of amides is 1. The number of ether oxygens (including phenoxy) is 1. The van der Waals surface area contributed by atoms with E-state index < -0.39 is 0 Å². The van der Waals surface area contributed by atoms with Gasteiger partial charge >= 0.3 is 0 Å². The molecule has 4 heteroatoms. The maximum atomic E-state index is 12.7. The molecule has 1 amide bonds. The first-order valence-electron chi connectivity index (χ1n) is 10.3. The van der Waals surface area contributed by atoms with Crippen molar-refractivity contribution in [3.8, 4) is 5.75 Å². The molecule has 1 aliphatic heterocycles. The second-order valence-electron chi connectivity index (χ2n) is 7.86. The molecule has 1 atom stereocenters. The van der Waals surface area contributed by atoms with Crippen LogP contribution in [0.25, 0.3) is 0 Å². The number of hydrogen-bond acceptors (Lipinski definition) is 3. The van der Waals surface area contributed by atoms with Gasteiger partial charge < -0.3 is 10.1 Å². The van der Waals surface area contributed by atoms with Gasteiger partial charge in [-0.2, -0.15) is 0 Å². The van der Waals surface area contributed by atoms with Gasteiger partial charge in [0.2, 0.25) is 0 Å². The summed E-state index contributed by atoms with van der Waals surface area (Å²) in [4.78, 5) is 15.2. The van der Waals surface area contributed by atoms with E-state index in [0.717, 1.165) is 30.2 Å². The van der Waals surface area contributed by atoms with Crippen LogP contribution in [0, 0.1) is 5.92 Å². The molecule has 0 aromatic heterocycles. The van der Waals surface area contributed by atoms with Crippen LogP contribution in [-0.2, 0) is 6.54 Å². The van der Waals surface area contributed by atoms with Gasteiger partial charge in [0, 0.05) is 12.1 Å². The number of carbonyl (C=O) groups excluding carboxylic acids is 1. The van der Waals surface area contributed by atoms with Crippen molar-refractivity contribution in [2.45, 2.75) is 45.7 Å². The number of hydrogen-bond donors (Lipinski definition) is 1. The van der Waals surface area contributed by atoms with Gasteiger partial charge in [0.15, 0.2) is 0 Å². The third kappa shape index (κ3) is 5.35. The maximum absolute atomic E-state index is 12.7. The number of methoxy groups -OCH3 is 1. The summed E-state index contributed by atoms with van der Waals surface area (Å²) in [5, 5.41) is 3.15. The summed E-state index contributed by atoms with van der Waals surface area (Å²) in [5.41, 5.74) is 3.07. The summed E-state index contributed by atoms with van der Waals surface area (Å²) in [6.07, 6.45) is 3.40. The number of nitrogens with one attached hydrogen (secondary N) is 1. The van der Waals surface area contributed by atoms with Gasteiger partial charge in [-0.1, -0.05) is 38.1 Å². The van der Waals surface area contributed by atoms with E-state index in [9.17, 15) is 4.79 Å². The molecule has 0 radical (unpaired) electrons. The summed E-state index contributed by atoms with van der Waals surface area (Å²) in [6, 6.07) is 15.9. The summed E-state index contributed by atoms with van der Waals surface area (Å²) in [6.45, 7) is 7.73. The molecule has 1 heterocycles. The predicted molar refractivity (Wildman–Crippen MR) is 114 cm³/mol.